The molecule has 2 aliphatic carbocycles. The minimum atomic E-state index is -1.02. The molecule has 0 radical (unpaired) electrons. The van der Waals surface area contributed by atoms with E-state index in [1.54, 1.807) is 11.3 Å². The van der Waals surface area contributed by atoms with Crippen molar-refractivity contribution in [3.8, 4) is 10.6 Å². The van der Waals surface area contributed by atoms with Crippen molar-refractivity contribution in [2.24, 2.45) is 5.92 Å². The molecule has 0 spiro atoms. The third-order valence-corrected chi connectivity index (χ3v) is 8.44. The molecule has 0 amide bonds. The van der Waals surface area contributed by atoms with E-state index < -0.39 is 24.2 Å². The van der Waals surface area contributed by atoms with Gasteiger partial charge in [-0.05, 0) is 43.9 Å². The minimum Gasteiger partial charge on any atom is -0.396 e. The van der Waals surface area contributed by atoms with Crippen LogP contribution in [0.5, 0.6) is 0 Å². The van der Waals surface area contributed by atoms with Crippen molar-refractivity contribution in [2.45, 2.75) is 50.0 Å². The van der Waals surface area contributed by atoms with Crippen molar-refractivity contribution in [1.29, 1.82) is 0 Å². The summed E-state index contributed by atoms with van der Waals surface area (Å²) in [4.78, 5) is 14.5. The Morgan fingerprint density at radius 2 is 1.72 bits per heavy atom. The van der Waals surface area contributed by atoms with E-state index in [-0.39, 0.29) is 12.1 Å². The van der Waals surface area contributed by atoms with Crippen LogP contribution in [-0.2, 0) is 5.54 Å². The molecular weight excluding hydrogens is 474 g/mol. The zero-order valence-corrected chi connectivity index (χ0v) is 20.7. The number of hydrogen-bond acceptors (Lipinski definition) is 9. The van der Waals surface area contributed by atoms with Crippen LogP contribution < -0.4 is 10.6 Å². The molecule has 5 N–H and O–H groups in total. The summed E-state index contributed by atoms with van der Waals surface area (Å²) in [6.45, 7) is 1.76. The van der Waals surface area contributed by atoms with E-state index in [0.29, 0.717) is 18.2 Å². The van der Waals surface area contributed by atoms with Gasteiger partial charge >= 0.3 is 0 Å². The number of fused-ring (bicyclic) bond motifs is 1. The fourth-order valence-electron chi connectivity index (χ4n) is 5.17. The van der Waals surface area contributed by atoms with Gasteiger partial charge in [-0.3, -0.25) is 0 Å². The van der Waals surface area contributed by atoms with Gasteiger partial charge in [-0.25, -0.2) is 9.97 Å². The number of aryl methyl sites for hydroxylation is 1. The van der Waals surface area contributed by atoms with Crippen molar-refractivity contribution in [1.82, 2.24) is 15.0 Å². The average molecular weight is 504 g/mol. The monoisotopic (exact) mass is 503 g/mol. The van der Waals surface area contributed by atoms with Crippen molar-refractivity contribution in [2.75, 3.05) is 17.2 Å². The molecule has 6 rings (SSSR count). The van der Waals surface area contributed by atoms with E-state index in [1.165, 1.54) is 5.56 Å². The number of thiazole rings is 1. The number of nitrogens with one attached hydrogen (secondary N) is 2. The standard InChI is InChI=1S/C27H29N5O3S/c1-15-21(25-30-18-9-5-6-10-20(18)36-25)24(29-19-13-16(14-33)22(34)23(19)35)31-26(28-15)32-27(11-12-27)17-7-3-2-4-8-17/h2-10,16,19,22-23,33-35H,11-14H2,1H3,(H2,28,29,31,32). The number of anilines is 2. The van der Waals surface area contributed by atoms with Crippen LogP contribution in [0.4, 0.5) is 11.8 Å². The Balaban J connectivity index is 1.40. The molecule has 2 aliphatic rings. The second-order valence-corrected chi connectivity index (χ2v) is 10.9. The first-order valence-corrected chi connectivity index (χ1v) is 13.1. The highest BCUT2D eigenvalue weighted by atomic mass is 32.1. The largest absolute Gasteiger partial charge is 0.396 e. The fraction of sp³-hybridized carbons (Fsp3) is 0.370. The maximum Gasteiger partial charge on any atom is 0.225 e. The van der Waals surface area contributed by atoms with E-state index in [2.05, 4.69) is 22.8 Å². The highest BCUT2D eigenvalue weighted by Gasteiger charge is 2.45. The van der Waals surface area contributed by atoms with Gasteiger partial charge in [-0.1, -0.05) is 42.5 Å². The van der Waals surface area contributed by atoms with Crippen molar-refractivity contribution >= 4 is 33.3 Å². The van der Waals surface area contributed by atoms with Crippen LogP contribution in [0.3, 0.4) is 0 Å². The Bertz CT molecular complexity index is 1360. The van der Waals surface area contributed by atoms with Gasteiger partial charge in [0.15, 0.2) is 0 Å². The summed E-state index contributed by atoms with van der Waals surface area (Å²) in [7, 11) is 0. The first-order valence-electron chi connectivity index (χ1n) is 12.3. The summed E-state index contributed by atoms with van der Waals surface area (Å²) in [5.41, 5.74) is 3.47. The predicted octanol–water partition coefficient (Wildman–Crippen LogP) is 3.68. The van der Waals surface area contributed by atoms with Crippen LogP contribution in [0, 0.1) is 12.8 Å². The zero-order valence-electron chi connectivity index (χ0n) is 19.9. The van der Waals surface area contributed by atoms with Crippen LogP contribution >= 0.6 is 11.3 Å². The molecule has 4 atom stereocenters. The van der Waals surface area contributed by atoms with Gasteiger partial charge in [0.05, 0.1) is 39.2 Å². The average Bonchev–Trinajstić information content (AvgIpc) is 3.46. The molecule has 36 heavy (non-hydrogen) atoms. The maximum absolute atomic E-state index is 10.7. The van der Waals surface area contributed by atoms with Gasteiger partial charge in [-0.2, -0.15) is 4.98 Å². The highest BCUT2D eigenvalue weighted by Crippen LogP contribution is 2.48. The Kier molecular flexibility index (Phi) is 5.88. The molecule has 0 aliphatic heterocycles. The van der Waals surface area contributed by atoms with Gasteiger partial charge in [0.2, 0.25) is 5.95 Å². The topological polar surface area (TPSA) is 123 Å². The number of benzene rings is 2. The summed E-state index contributed by atoms with van der Waals surface area (Å²) >= 11 is 1.57. The molecule has 4 aromatic rings. The summed E-state index contributed by atoms with van der Waals surface area (Å²) in [5.74, 6) is 0.674. The number of nitrogens with zero attached hydrogens (tertiary/aromatic N) is 3. The first-order chi connectivity index (χ1) is 17.5. The van der Waals surface area contributed by atoms with Crippen LogP contribution in [0.25, 0.3) is 20.8 Å². The van der Waals surface area contributed by atoms with E-state index in [4.69, 9.17) is 15.0 Å². The molecule has 0 bridgehead atoms. The van der Waals surface area contributed by atoms with Gasteiger partial charge in [0.1, 0.15) is 16.9 Å². The molecule has 2 fully saturated rings. The minimum absolute atomic E-state index is 0.184. The number of aliphatic hydroxyl groups is 3. The van der Waals surface area contributed by atoms with Crippen molar-refractivity contribution in [3.63, 3.8) is 0 Å². The first kappa shape index (κ1) is 23.3. The summed E-state index contributed by atoms with van der Waals surface area (Å²) < 4.78 is 1.07. The quantitative estimate of drug-likeness (QED) is 0.259. The molecule has 2 heterocycles. The van der Waals surface area contributed by atoms with E-state index in [1.807, 2.05) is 49.4 Å². The van der Waals surface area contributed by atoms with Gasteiger partial charge in [0.25, 0.3) is 0 Å². The summed E-state index contributed by atoms with van der Waals surface area (Å²) in [6, 6.07) is 17.8. The maximum atomic E-state index is 10.7. The highest BCUT2D eigenvalue weighted by molar-refractivity contribution is 7.21. The molecule has 8 nitrogen and oxygen atoms in total. The van der Waals surface area contributed by atoms with Crippen molar-refractivity contribution < 1.29 is 15.3 Å². The van der Waals surface area contributed by atoms with Crippen LogP contribution in [0.2, 0.25) is 0 Å². The van der Waals surface area contributed by atoms with Gasteiger partial charge < -0.3 is 26.0 Å². The third-order valence-electron chi connectivity index (χ3n) is 7.38. The molecule has 2 aromatic carbocycles. The predicted molar refractivity (Wildman–Crippen MR) is 141 cm³/mol. The van der Waals surface area contributed by atoms with E-state index >= 15 is 0 Å². The number of para-hydroxylation sites is 1. The summed E-state index contributed by atoms with van der Waals surface area (Å²) in [6.07, 6.45) is 0.404. The van der Waals surface area contributed by atoms with E-state index in [9.17, 15) is 15.3 Å². The number of rotatable bonds is 7. The number of hydrogen-bond donors (Lipinski definition) is 5. The fourth-order valence-corrected chi connectivity index (χ4v) is 6.24. The number of aromatic nitrogens is 3. The Hall–Kier alpha value is -3.11. The normalized spacial score (nSPS) is 24.7. The molecule has 2 aromatic heterocycles. The second kappa shape index (κ2) is 9.08. The van der Waals surface area contributed by atoms with Crippen LogP contribution in [0.15, 0.2) is 54.6 Å². The summed E-state index contributed by atoms with van der Waals surface area (Å²) in [5, 5.41) is 38.4. The van der Waals surface area contributed by atoms with Gasteiger partial charge in [-0.15, -0.1) is 11.3 Å². The van der Waals surface area contributed by atoms with Crippen LogP contribution in [-0.4, -0.2) is 55.1 Å². The molecule has 2 saturated carbocycles. The second-order valence-electron chi connectivity index (χ2n) is 9.83. The molecule has 0 saturated heterocycles. The van der Waals surface area contributed by atoms with Crippen LogP contribution in [0.1, 0.15) is 30.5 Å². The Morgan fingerprint density at radius 3 is 2.42 bits per heavy atom. The molecule has 9 heteroatoms. The number of aliphatic hydroxyl groups excluding tert-OH is 3. The lowest BCUT2D eigenvalue weighted by molar-refractivity contribution is 0.00446. The molecule has 4 unspecified atom stereocenters. The van der Waals surface area contributed by atoms with E-state index in [0.717, 1.165) is 39.3 Å². The lowest BCUT2D eigenvalue weighted by atomic mass is 10.1. The zero-order chi connectivity index (χ0) is 24.9. The molecule has 186 valence electrons. The lowest BCUT2D eigenvalue weighted by Gasteiger charge is -2.23. The lowest BCUT2D eigenvalue weighted by Crippen LogP contribution is -2.36. The molecular formula is C27H29N5O3S. The Labute approximate surface area is 213 Å². The Morgan fingerprint density at radius 1 is 0.972 bits per heavy atom. The SMILES string of the molecule is Cc1nc(NC2(c3ccccc3)CC2)nc(NC2CC(CO)C(O)C2O)c1-c1nc2ccccc2s1. The van der Waals surface area contributed by atoms with Crippen molar-refractivity contribution in [3.05, 3.63) is 65.9 Å². The third kappa shape index (κ3) is 4.12. The smallest absolute Gasteiger partial charge is 0.225 e. The van der Waals surface area contributed by atoms with Gasteiger partial charge in [0, 0.05) is 12.5 Å².